The topological polar surface area (TPSA) is 35.5 Å². The van der Waals surface area contributed by atoms with Gasteiger partial charge >= 0.3 is 5.97 Å². The summed E-state index contributed by atoms with van der Waals surface area (Å²) in [6, 6.07) is 7.90. The lowest BCUT2D eigenvalue weighted by Gasteiger charge is -2.07. The molecule has 0 aliphatic heterocycles. The summed E-state index contributed by atoms with van der Waals surface area (Å²) in [7, 11) is 0. The van der Waals surface area contributed by atoms with E-state index < -0.39 is 0 Å². The van der Waals surface area contributed by atoms with Gasteiger partial charge in [0.1, 0.15) is 5.75 Å². The fourth-order valence-corrected chi connectivity index (χ4v) is 1.89. The van der Waals surface area contributed by atoms with Crippen LogP contribution in [-0.2, 0) is 9.53 Å². The lowest BCUT2D eigenvalue weighted by atomic mass is 10.2. The molecule has 0 aromatic heterocycles. The van der Waals surface area contributed by atoms with Gasteiger partial charge in [0.2, 0.25) is 0 Å². The van der Waals surface area contributed by atoms with E-state index in [-0.39, 0.29) is 5.97 Å². The highest BCUT2D eigenvalue weighted by Gasteiger charge is 2.02. The molecule has 0 spiro atoms. The average molecular weight is 348 g/mol. The maximum Gasteiger partial charge on any atom is 0.305 e. The molecule has 0 aliphatic rings. The lowest BCUT2D eigenvalue weighted by molar-refractivity contribution is -0.143. The van der Waals surface area contributed by atoms with E-state index in [1.165, 1.54) is 0 Å². The molecule has 0 radical (unpaired) electrons. The first-order valence-corrected chi connectivity index (χ1v) is 6.85. The molecule has 0 atom stereocenters. The number of unbranched alkanes of at least 4 members (excludes halogenated alkanes) is 1. The second kappa shape index (κ2) is 8.33. The maximum absolute atomic E-state index is 11.1. The van der Waals surface area contributed by atoms with E-state index in [4.69, 9.17) is 9.47 Å². The molecule has 0 unspecified atom stereocenters. The molecular formula is C13H17IO3. The minimum Gasteiger partial charge on any atom is -0.492 e. The summed E-state index contributed by atoms with van der Waals surface area (Å²) in [5.41, 5.74) is 0. The summed E-state index contributed by atoms with van der Waals surface area (Å²) in [5, 5.41) is 0. The van der Waals surface area contributed by atoms with Crippen LogP contribution in [0.2, 0.25) is 0 Å². The Morgan fingerprint density at radius 3 is 2.76 bits per heavy atom. The lowest BCUT2D eigenvalue weighted by Crippen LogP contribution is -2.05. The highest BCUT2D eigenvalue weighted by atomic mass is 127. The smallest absolute Gasteiger partial charge is 0.305 e. The standard InChI is InChI=1S/C13H17IO3/c1-2-16-13(15)9-5-6-10-17-12-8-4-3-7-11(12)14/h3-4,7-8H,2,5-6,9-10H2,1H3. The molecule has 1 rings (SSSR count). The number of para-hydroxylation sites is 1. The van der Waals surface area contributed by atoms with Gasteiger partial charge in [-0.05, 0) is 54.5 Å². The van der Waals surface area contributed by atoms with Crippen LogP contribution in [-0.4, -0.2) is 19.2 Å². The number of esters is 1. The summed E-state index contributed by atoms with van der Waals surface area (Å²) in [5.74, 6) is 0.783. The van der Waals surface area contributed by atoms with E-state index in [9.17, 15) is 4.79 Å². The number of benzene rings is 1. The number of halogens is 1. The molecule has 94 valence electrons. The van der Waals surface area contributed by atoms with Gasteiger partial charge in [-0.2, -0.15) is 0 Å². The quantitative estimate of drug-likeness (QED) is 0.430. The first-order valence-electron chi connectivity index (χ1n) is 5.77. The van der Waals surface area contributed by atoms with Crippen LogP contribution in [0.3, 0.4) is 0 Å². The van der Waals surface area contributed by atoms with Crippen molar-refractivity contribution in [3.63, 3.8) is 0 Å². The Bertz CT molecular complexity index is 352. The molecule has 4 heteroatoms. The van der Waals surface area contributed by atoms with E-state index in [1.54, 1.807) is 0 Å². The maximum atomic E-state index is 11.1. The van der Waals surface area contributed by atoms with Crippen LogP contribution in [0.25, 0.3) is 0 Å². The van der Waals surface area contributed by atoms with E-state index in [1.807, 2.05) is 31.2 Å². The molecule has 3 nitrogen and oxygen atoms in total. The normalized spacial score (nSPS) is 10.0. The van der Waals surface area contributed by atoms with Crippen LogP contribution >= 0.6 is 22.6 Å². The number of ether oxygens (including phenoxy) is 2. The van der Waals surface area contributed by atoms with Gasteiger partial charge in [0.15, 0.2) is 0 Å². The third-order valence-corrected chi connectivity index (χ3v) is 3.07. The van der Waals surface area contributed by atoms with Gasteiger partial charge in [-0.15, -0.1) is 0 Å². The minimum atomic E-state index is -0.123. The first kappa shape index (κ1) is 14.3. The summed E-state index contributed by atoms with van der Waals surface area (Å²) in [6.45, 7) is 2.91. The Morgan fingerprint density at radius 1 is 1.29 bits per heavy atom. The van der Waals surface area contributed by atoms with Crippen LogP contribution in [0.1, 0.15) is 26.2 Å². The monoisotopic (exact) mass is 348 g/mol. The van der Waals surface area contributed by atoms with Crippen molar-refractivity contribution in [2.45, 2.75) is 26.2 Å². The Balaban J connectivity index is 2.13. The molecule has 17 heavy (non-hydrogen) atoms. The molecule has 1 aromatic carbocycles. The van der Waals surface area contributed by atoms with Crippen LogP contribution < -0.4 is 4.74 Å². The minimum absolute atomic E-state index is 0.123. The molecule has 0 saturated carbocycles. The zero-order valence-corrected chi connectivity index (χ0v) is 12.1. The number of rotatable bonds is 7. The van der Waals surface area contributed by atoms with Crippen molar-refractivity contribution in [2.24, 2.45) is 0 Å². The summed E-state index contributed by atoms with van der Waals surface area (Å²) < 4.78 is 11.6. The van der Waals surface area contributed by atoms with Crippen molar-refractivity contribution in [2.75, 3.05) is 13.2 Å². The highest BCUT2D eigenvalue weighted by Crippen LogP contribution is 2.19. The van der Waals surface area contributed by atoms with Crippen LogP contribution in [0.4, 0.5) is 0 Å². The molecule has 0 saturated heterocycles. The van der Waals surface area contributed by atoms with Crippen molar-refractivity contribution in [3.8, 4) is 5.75 Å². The van der Waals surface area contributed by atoms with Gasteiger partial charge in [0.05, 0.1) is 16.8 Å². The fraction of sp³-hybridized carbons (Fsp3) is 0.462. The van der Waals surface area contributed by atoms with Crippen molar-refractivity contribution in [1.29, 1.82) is 0 Å². The number of carbonyl (C=O) groups is 1. The van der Waals surface area contributed by atoms with Crippen LogP contribution in [0.15, 0.2) is 24.3 Å². The predicted octanol–water partition coefficient (Wildman–Crippen LogP) is 3.40. The second-order valence-corrected chi connectivity index (χ2v) is 4.70. The first-order chi connectivity index (χ1) is 8.24. The Morgan fingerprint density at radius 2 is 2.06 bits per heavy atom. The van der Waals surface area contributed by atoms with Gasteiger partial charge in [0.25, 0.3) is 0 Å². The SMILES string of the molecule is CCOC(=O)CCCCOc1ccccc1I. The highest BCUT2D eigenvalue weighted by molar-refractivity contribution is 14.1. The van der Waals surface area contributed by atoms with Gasteiger partial charge in [0, 0.05) is 6.42 Å². The van der Waals surface area contributed by atoms with Gasteiger partial charge < -0.3 is 9.47 Å². The Hall–Kier alpha value is -0.780. The van der Waals surface area contributed by atoms with Crippen molar-refractivity contribution >= 4 is 28.6 Å². The average Bonchev–Trinajstić information content (AvgIpc) is 2.31. The molecule has 0 heterocycles. The largest absolute Gasteiger partial charge is 0.492 e. The van der Waals surface area contributed by atoms with Crippen molar-refractivity contribution in [3.05, 3.63) is 27.8 Å². The zero-order valence-electron chi connectivity index (χ0n) is 9.95. The van der Waals surface area contributed by atoms with Crippen LogP contribution in [0.5, 0.6) is 5.75 Å². The number of hydrogen-bond acceptors (Lipinski definition) is 3. The molecular weight excluding hydrogens is 331 g/mol. The third kappa shape index (κ3) is 5.91. The van der Waals surface area contributed by atoms with E-state index >= 15 is 0 Å². The Kier molecular flexibility index (Phi) is 7.00. The predicted molar refractivity (Wildman–Crippen MR) is 75.1 cm³/mol. The third-order valence-electron chi connectivity index (χ3n) is 2.17. The molecule has 0 bridgehead atoms. The van der Waals surface area contributed by atoms with E-state index in [0.717, 1.165) is 22.2 Å². The summed E-state index contributed by atoms with van der Waals surface area (Å²) in [4.78, 5) is 11.1. The Labute approximate surface area is 116 Å². The second-order valence-electron chi connectivity index (χ2n) is 3.54. The molecule has 0 N–H and O–H groups in total. The molecule has 0 aliphatic carbocycles. The number of hydrogen-bond donors (Lipinski definition) is 0. The van der Waals surface area contributed by atoms with Crippen molar-refractivity contribution in [1.82, 2.24) is 0 Å². The van der Waals surface area contributed by atoms with Crippen LogP contribution in [0, 0.1) is 3.57 Å². The van der Waals surface area contributed by atoms with Gasteiger partial charge in [-0.3, -0.25) is 4.79 Å². The summed E-state index contributed by atoms with van der Waals surface area (Å²) in [6.07, 6.45) is 2.15. The van der Waals surface area contributed by atoms with Crippen molar-refractivity contribution < 1.29 is 14.3 Å². The fourth-order valence-electron chi connectivity index (χ4n) is 1.35. The summed E-state index contributed by atoms with van der Waals surface area (Å²) >= 11 is 2.24. The number of carbonyl (C=O) groups excluding carboxylic acids is 1. The van der Waals surface area contributed by atoms with E-state index in [2.05, 4.69) is 22.6 Å². The molecule has 0 fully saturated rings. The van der Waals surface area contributed by atoms with Gasteiger partial charge in [-0.25, -0.2) is 0 Å². The van der Waals surface area contributed by atoms with E-state index in [0.29, 0.717) is 19.6 Å². The molecule has 0 amide bonds. The molecule has 1 aromatic rings. The zero-order chi connectivity index (χ0) is 12.5. The van der Waals surface area contributed by atoms with Gasteiger partial charge in [-0.1, -0.05) is 12.1 Å².